The largest absolute Gasteiger partial charge is 0.382 e. The van der Waals surface area contributed by atoms with Crippen LogP contribution in [0.25, 0.3) is 20.8 Å². The van der Waals surface area contributed by atoms with Gasteiger partial charge in [-0.15, -0.1) is 11.3 Å². The number of rotatable bonds is 5. The van der Waals surface area contributed by atoms with Crippen molar-refractivity contribution < 1.29 is 21.8 Å². The standard InChI is InChI=1S/C13H12FN5O4S2/c1-5-11(12(16)19-18-5)13-17-7-2-6(14)9(3-8(7)24-13)25(21,22)23-4-10(15)20/h2-3H,4H2,1H3,(H2,15,20)(H3,16,18,19). The summed E-state index contributed by atoms with van der Waals surface area (Å²) in [5, 5.41) is 7.04. The maximum absolute atomic E-state index is 14.2. The lowest BCUT2D eigenvalue weighted by Crippen LogP contribution is -2.21. The van der Waals surface area contributed by atoms with Crippen molar-refractivity contribution in [3.8, 4) is 10.6 Å². The number of nitrogens with two attached hydrogens (primary N) is 2. The number of anilines is 1. The summed E-state index contributed by atoms with van der Waals surface area (Å²) in [6, 6.07) is 2.06. The number of hydrogen-bond donors (Lipinski definition) is 3. The summed E-state index contributed by atoms with van der Waals surface area (Å²) < 4.78 is 43.1. The normalized spacial score (nSPS) is 11.9. The zero-order valence-electron chi connectivity index (χ0n) is 12.7. The highest BCUT2D eigenvalue weighted by atomic mass is 32.2. The van der Waals surface area contributed by atoms with Crippen LogP contribution in [0.5, 0.6) is 0 Å². The third-order valence-electron chi connectivity index (χ3n) is 3.26. The lowest BCUT2D eigenvalue weighted by Gasteiger charge is -2.04. The first-order chi connectivity index (χ1) is 11.7. The maximum Gasteiger partial charge on any atom is 0.300 e. The highest BCUT2D eigenvalue weighted by molar-refractivity contribution is 7.86. The Balaban J connectivity index is 2.09. The number of benzene rings is 1. The van der Waals surface area contributed by atoms with Crippen molar-refractivity contribution in [3.63, 3.8) is 0 Å². The van der Waals surface area contributed by atoms with Gasteiger partial charge in [-0.25, -0.2) is 9.37 Å². The maximum atomic E-state index is 14.2. The highest BCUT2D eigenvalue weighted by Crippen LogP contribution is 2.36. The number of fused-ring (bicyclic) bond motifs is 1. The summed E-state index contributed by atoms with van der Waals surface area (Å²) >= 11 is 1.12. The van der Waals surface area contributed by atoms with E-state index in [9.17, 15) is 17.6 Å². The predicted molar refractivity (Wildman–Crippen MR) is 88.6 cm³/mol. The van der Waals surface area contributed by atoms with E-state index in [2.05, 4.69) is 19.4 Å². The van der Waals surface area contributed by atoms with Crippen LogP contribution in [0.1, 0.15) is 5.69 Å². The quantitative estimate of drug-likeness (QED) is 0.551. The van der Waals surface area contributed by atoms with Gasteiger partial charge >= 0.3 is 0 Å². The van der Waals surface area contributed by atoms with Gasteiger partial charge in [0, 0.05) is 11.8 Å². The molecule has 0 spiro atoms. The molecule has 0 saturated carbocycles. The van der Waals surface area contributed by atoms with E-state index >= 15 is 0 Å². The second kappa shape index (κ2) is 6.06. The van der Waals surface area contributed by atoms with Crippen molar-refractivity contribution >= 4 is 43.4 Å². The average Bonchev–Trinajstić information content (AvgIpc) is 3.06. The van der Waals surface area contributed by atoms with Crippen molar-refractivity contribution in [2.24, 2.45) is 5.73 Å². The van der Waals surface area contributed by atoms with Crippen molar-refractivity contribution in [2.75, 3.05) is 12.3 Å². The number of hydrogen-bond acceptors (Lipinski definition) is 8. The molecule has 25 heavy (non-hydrogen) atoms. The van der Waals surface area contributed by atoms with Crippen molar-refractivity contribution in [1.82, 2.24) is 15.2 Å². The van der Waals surface area contributed by atoms with Gasteiger partial charge in [0.25, 0.3) is 10.1 Å². The van der Waals surface area contributed by atoms with E-state index in [1.54, 1.807) is 6.92 Å². The fourth-order valence-corrected chi connectivity index (χ4v) is 4.28. The number of nitrogens with zero attached hydrogens (tertiary/aromatic N) is 2. The number of amides is 1. The van der Waals surface area contributed by atoms with Crippen LogP contribution in [0.4, 0.5) is 10.2 Å². The van der Waals surface area contributed by atoms with Crippen LogP contribution in [0.3, 0.4) is 0 Å². The molecule has 132 valence electrons. The molecule has 0 bridgehead atoms. The zero-order chi connectivity index (χ0) is 18.4. The number of H-pyrrole nitrogens is 1. The fraction of sp³-hybridized carbons (Fsp3) is 0.154. The number of nitrogens with one attached hydrogen (secondary N) is 1. The summed E-state index contributed by atoms with van der Waals surface area (Å²) in [5.41, 5.74) is 12.1. The lowest BCUT2D eigenvalue weighted by molar-refractivity contribution is -0.119. The number of halogens is 1. The monoisotopic (exact) mass is 385 g/mol. The fourth-order valence-electron chi connectivity index (χ4n) is 2.15. The van der Waals surface area contributed by atoms with Crippen LogP contribution in [0.2, 0.25) is 0 Å². The van der Waals surface area contributed by atoms with Crippen LogP contribution in [-0.4, -0.2) is 36.1 Å². The van der Waals surface area contributed by atoms with E-state index in [1.807, 2.05) is 0 Å². The SMILES string of the molecule is Cc1[nH]nc(N)c1-c1nc2cc(F)c(S(=O)(=O)OCC(N)=O)cc2s1. The molecule has 9 nitrogen and oxygen atoms in total. The van der Waals surface area contributed by atoms with Crippen molar-refractivity contribution in [1.29, 1.82) is 0 Å². The Morgan fingerprint density at radius 2 is 2.16 bits per heavy atom. The Morgan fingerprint density at radius 1 is 1.44 bits per heavy atom. The number of primary amides is 1. The molecule has 2 aromatic heterocycles. The Morgan fingerprint density at radius 3 is 2.76 bits per heavy atom. The van der Waals surface area contributed by atoms with Gasteiger partial charge in [-0.2, -0.15) is 13.5 Å². The topological polar surface area (TPSA) is 154 Å². The second-order valence-electron chi connectivity index (χ2n) is 5.06. The molecule has 0 aliphatic heterocycles. The Kier molecular flexibility index (Phi) is 4.18. The molecule has 2 heterocycles. The molecule has 1 aromatic carbocycles. The molecule has 5 N–H and O–H groups in total. The molecule has 0 unspecified atom stereocenters. The first-order valence-corrected chi connectivity index (χ1v) is 9.00. The second-order valence-corrected chi connectivity index (χ2v) is 7.68. The summed E-state index contributed by atoms with van der Waals surface area (Å²) in [4.78, 5) is 14.2. The van der Waals surface area contributed by atoms with E-state index in [4.69, 9.17) is 11.5 Å². The molecule has 12 heteroatoms. The number of carbonyl (C=O) groups excluding carboxylic acids is 1. The molecule has 3 aromatic rings. The van der Waals surface area contributed by atoms with E-state index in [0.29, 0.717) is 21.0 Å². The van der Waals surface area contributed by atoms with Crippen molar-refractivity contribution in [3.05, 3.63) is 23.6 Å². The van der Waals surface area contributed by atoms with Crippen LogP contribution < -0.4 is 11.5 Å². The Labute approximate surface area is 144 Å². The molecular formula is C13H12FN5O4S2. The number of aromatic amines is 1. The first-order valence-electron chi connectivity index (χ1n) is 6.77. The summed E-state index contributed by atoms with van der Waals surface area (Å²) in [7, 11) is -4.48. The number of aromatic nitrogens is 3. The molecule has 0 aliphatic carbocycles. The van der Waals surface area contributed by atoms with Gasteiger partial charge in [0.05, 0.1) is 15.8 Å². The van der Waals surface area contributed by atoms with Gasteiger partial charge in [0.2, 0.25) is 5.91 Å². The molecule has 0 fully saturated rings. The van der Waals surface area contributed by atoms with Gasteiger partial charge < -0.3 is 11.5 Å². The van der Waals surface area contributed by atoms with Crippen molar-refractivity contribution in [2.45, 2.75) is 11.8 Å². The van der Waals surface area contributed by atoms with E-state index in [1.165, 1.54) is 0 Å². The average molecular weight is 385 g/mol. The van der Waals surface area contributed by atoms with Gasteiger partial charge in [-0.3, -0.25) is 14.1 Å². The smallest absolute Gasteiger partial charge is 0.300 e. The van der Waals surface area contributed by atoms with Gasteiger partial charge in [-0.1, -0.05) is 0 Å². The molecule has 0 aliphatic rings. The molecule has 0 saturated heterocycles. The van der Waals surface area contributed by atoms with E-state index in [0.717, 1.165) is 23.5 Å². The summed E-state index contributed by atoms with van der Waals surface area (Å²) in [5.74, 6) is -1.81. The number of aryl methyl sites for hydroxylation is 1. The number of thiazole rings is 1. The molecule has 0 radical (unpaired) electrons. The Hall–Kier alpha value is -2.57. The summed E-state index contributed by atoms with van der Waals surface area (Å²) in [6.07, 6.45) is 0. The molecule has 1 amide bonds. The van der Waals surface area contributed by atoms with Crippen LogP contribution in [0.15, 0.2) is 17.0 Å². The minimum Gasteiger partial charge on any atom is -0.382 e. The lowest BCUT2D eigenvalue weighted by atomic mass is 10.2. The minimum absolute atomic E-state index is 0.231. The van der Waals surface area contributed by atoms with Gasteiger partial charge in [-0.05, 0) is 13.0 Å². The van der Waals surface area contributed by atoms with Crippen LogP contribution in [0, 0.1) is 12.7 Å². The van der Waals surface area contributed by atoms with Gasteiger partial charge in [0.1, 0.15) is 22.3 Å². The minimum atomic E-state index is -4.48. The summed E-state index contributed by atoms with van der Waals surface area (Å²) in [6.45, 7) is 0.872. The van der Waals surface area contributed by atoms with E-state index in [-0.39, 0.29) is 11.3 Å². The molecular weight excluding hydrogens is 373 g/mol. The molecule has 0 atom stereocenters. The first kappa shape index (κ1) is 17.3. The predicted octanol–water partition coefficient (Wildman–Crippen LogP) is 0.907. The number of carbonyl (C=O) groups is 1. The third-order valence-corrected chi connectivity index (χ3v) is 5.57. The highest BCUT2D eigenvalue weighted by Gasteiger charge is 2.24. The zero-order valence-corrected chi connectivity index (χ0v) is 14.4. The van der Waals surface area contributed by atoms with Gasteiger partial charge in [0.15, 0.2) is 5.82 Å². The Bertz CT molecular complexity index is 1070. The van der Waals surface area contributed by atoms with Crippen LogP contribution >= 0.6 is 11.3 Å². The molecule has 3 rings (SSSR count). The van der Waals surface area contributed by atoms with E-state index < -0.39 is 33.3 Å². The van der Waals surface area contributed by atoms with Crippen LogP contribution in [-0.2, 0) is 19.1 Å². The number of nitrogen functional groups attached to an aromatic ring is 1. The third kappa shape index (κ3) is 3.18.